The number of amides is 1. The Morgan fingerprint density at radius 2 is 1.55 bits per heavy atom. The van der Waals surface area contributed by atoms with Crippen LogP contribution in [0.1, 0.15) is 10.6 Å². The number of fused-ring (bicyclic) bond motifs is 1. The van der Waals surface area contributed by atoms with Gasteiger partial charge in [-0.1, -0.05) is 18.2 Å². The highest BCUT2D eigenvalue weighted by atomic mass is 16.5. The van der Waals surface area contributed by atoms with E-state index < -0.39 is 0 Å². The van der Waals surface area contributed by atoms with Crippen LogP contribution in [0.5, 0.6) is 0 Å². The zero-order valence-corrected chi connectivity index (χ0v) is 16.2. The molecule has 0 spiro atoms. The minimum atomic E-state index is -0.0578. The van der Waals surface area contributed by atoms with Gasteiger partial charge in [0.1, 0.15) is 23.5 Å². The molecule has 2 aromatic heterocycles. The summed E-state index contributed by atoms with van der Waals surface area (Å²) in [6.45, 7) is 5.85. The predicted octanol–water partition coefficient (Wildman–Crippen LogP) is 2.02. The van der Waals surface area contributed by atoms with Crippen LogP contribution in [0.3, 0.4) is 0 Å². The lowest BCUT2D eigenvalue weighted by molar-refractivity contribution is 0.0717. The van der Waals surface area contributed by atoms with E-state index in [2.05, 4.69) is 19.8 Å². The maximum Gasteiger partial charge on any atom is 0.289 e. The zero-order chi connectivity index (χ0) is 19.6. The maximum atomic E-state index is 12.8. The van der Waals surface area contributed by atoms with Crippen molar-refractivity contribution in [1.82, 2.24) is 14.9 Å². The fourth-order valence-corrected chi connectivity index (χ4v) is 3.86. The van der Waals surface area contributed by atoms with E-state index >= 15 is 0 Å². The Balaban J connectivity index is 1.25. The Morgan fingerprint density at radius 1 is 0.862 bits per heavy atom. The van der Waals surface area contributed by atoms with Crippen molar-refractivity contribution in [3.63, 3.8) is 0 Å². The molecular formula is C21H23N5O3. The number of hydrogen-bond acceptors (Lipinski definition) is 7. The molecule has 29 heavy (non-hydrogen) atoms. The minimum absolute atomic E-state index is 0.0578. The van der Waals surface area contributed by atoms with Gasteiger partial charge in [-0.2, -0.15) is 0 Å². The maximum absolute atomic E-state index is 12.8. The van der Waals surface area contributed by atoms with Gasteiger partial charge >= 0.3 is 0 Å². The van der Waals surface area contributed by atoms with Crippen molar-refractivity contribution in [3.8, 4) is 0 Å². The molecule has 0 bridgehead atoms. The molecule has 1 amide bonds. The van der Waals surface area contributed by atoms with Crippen LogP contribution in [0, 0.1) is 0 Å². The second-order valence-electron chi connectivity index (χ2n) is 7.26. The number of piperazine rings is 1. The highest BCUT2D eigenvalue weighted by Gasteiger charge is 2.25. The lowest BCUT2D eigenvalue weighted by Gasteiger charge is -2.35. The highest BCUT2D eigenvalue weighted by molar-refractivity contribution is 5.96. The fourth-order valence-electron chi connectivity index (χ4n) is 3.86. The van der Waals surface area contributed by atoms with Crippen LogP contribution in [-0.4, -0.2) is 73.3 Å². The van der Waals surface area contributed by atoms with Crippen LogP contribution in [-0.2, 0) is 4.74 Å². The summed E-state index contributed by atoms with van der Waals surface area (Å²) in [6.07, 6.45) is 1.62. The molecule has 5 rings (SSSR count). The Hall–Kier alpha value is -3.13. The van der Waals surface area contributed by atoms with E-state index in [0.717, 1.165) is 62.0 Å². The molecule has 2 aliphatic heterocycles. The molecule has 0 N–H and O–H groups in total. The van der Waals surface area contributed by atoms with Crippen molar-refractivity contribution < 1.29 is 13.9 Å². The molecule has 8 nitrogen and oxygen atoms in total. The lowest BCUT2D eigenvalue weighted by Crippen LogP contribution is -2.49. The number of anilines is 2. The number of rotatable bonds is 3. The molecule has 4 heterocycles. The minimum Gasteiger partial charge on any atom is -0.451 e. The molecule has 0 atom stereocenters. The zero-order valence-electron chi connectivity index (χ0n) is 16.2. The quantitative estimate of drug-likeness (QED) is 0.674. The number of morpholine rings is 1. The summed E-state index contributed by atoms with van der Waals surface area (Å²) in [5.41, 5.74) is 0.742. The molecule has 150 valence electrons. The third kappa shape index (κ3) is 3.63. The summed E-state index contributed by atoms with van der Waals surface area (Å²) in [7, 11) is 0. The fraction of sp³-hybridized carbons (Fsp3) is 0.381. The predicted molar refractivity (Wildman–Crippen MR) is 109 cm³/mol. The first kappa shape index (κ1) is 17.9. The SMILES string of the molecule is O=C(c1cc2ccccc2o1)N1CCN(c2cc(N3CCOCC3)ncn2)CC1. The van der Waals surface area contributed by atoms with Crippen molar-refractivity contribution in [2.45, 2.75) is 0 Å². The average molecular weight is 393 g/mol. The number of carbonyl (C=O) groups is 1. The molecule has 2 fully saturated rings. The van der Waals surface area contributed by atoms with Crippen molar-refractivity contribution in [3.05, 3.63) is 48.5 Å². The van der Waals surface area contributed by atoms with Gasteiger partial charge in [-0.3, -0.25) is 4.79 Å². The number of nitrogens with zero attached hydrogens (tertiary/aromatic N) is 5. The number of hydrogen-bond donors (Lipinski definition) is 0. The van der Waals surface area contributed by atoms with Gasteiger partial charge in [0.2, 0.25) is 0 Å². The van der Waals surface area contributed by atoms with Gasteiger partial charge in [0.05, 0.1) is 13.2 Å². The van der Waals surface area contributed by atoms with E-state index in [1.165, 1.54) is 0 Å². The largest absolute Gasteiger partial charge is 0.451 e. The summed E-state index contributed by atoms with van der Waals surface area (Å²) in [6, 6.07) is 11.5. The van der Waals surface area contributed by atoms with E-state index in [1.54, 1.807) is 6.33 Å². The summed E-state index contributed by atoms with van der Waals surface area (Å²) < 4.78 is 11.2. The van der Waals surface area contributed by atoms with Crippen LogP contribution in [0.4, 0.5) is 11.6 Å². The van der Waals surface area contributed by atoms with Crippen LogP contribution in [0.25, 0.3) is 11.0 Å². The molecule has 0 aliphatic carbocycles. The number of ether oxygens (including phenoxy) is 1. The summed E-state index contributed by atoms with van der Waals surface area (Å²) in [5, 5.41) is 0.950. The van der Waals surface area contributed by atoms with E-state index in [1.807, 2.05) is 41.3 Å². The van der Waals surface area contributed by atoms with Gasteiger partial charge < -0.3 is 23.9 Å². The first-order chi connectivity index (χ1) is 14.3. The number of benzene rings is 1. The molecule has 0 radical (unpaired) electrons. The molecule has 8 heteroatoms. The van der Waals surface area contributed by atoms with Crippen LogP contribution in [0.15, 0.2) is 47.1 Å². The van der Waals surface area contributed by atoms with Crippen LogP contribution >= 0.6 is 0 Å². The molecular weight excluding hydrogens is 370 g/mol. The van der Waals surface area contributed by atoms with Crippen LogP contribution in [0.2, 0.25) is 0 Å². The molecule has 1 aromatic carbocycles. The van der Waals surface area contributed by atoms with Gasteiger partial charge in [-0.05, 0) is 12.1 Å². The van der Waals surface area contributed by atoms with Crippen molar-refractivity contribution in [2.24, 2.45) is 0 Å². The highest BCUT2D eigenvalue weighted by Crippen LogP contribution is 2.23. The van der Waals surface area contributed by atoms with E-state index in [-0.39, 0.29) is 5.91 Å². The van der Waals surface area contributed by atoms with Gasteiger partial charge in [0, 0.05) is 50.7 Å². The van der Waals surface area contributed by atoms with Gasteiger partial charge in [-0.15, -0.1) is 0 Å². The average Bonchev–Trinajstić information content (AvgIpc) is 3.24. The topological polar surface area (TPSA) is 74.9 Å². The van der Waals surface area contributed by atoms with Crippen molar-refractivity contribution in [2.75, 3.05) is 62.3 Å². The van der Waals surface area contributed by atoms with E-state index in [9.17, 15) is 4.79 Å². The number of para-hydroxylation sites is 1. The number of furan rings is 1. The second-order valence-corrected chi connectivity index (χ2v) is 7.26. The normalized spacial score (nSPS) is 17.7. The van der Waals surface area contributed by atoms with E-state index in [4.69, 9.17) is 9.15 Å². The smallest absolute Gasteiger partial charge is 0.289 e. The number of carbonyl (C=O) groups excluding carboxylic acids is 1. The standard InChI is InChI=1S/C21H23N5O3/c27-21(18-13-16-3-1-2-4-17(16)29-18)26-7-5-24(6-8-26)19-14-20(23-15-22-19)25-9-11-28-12-10-25/h1-4,13-15H,5-12H2. The number of aromatic nitrogens is 2. The van der Waals surface area contributed by atoms with Crippen LogP contribution < -0.4 is 9.80 Å². The molecule has 2 saturated heterocycles. The lowest BCUT2D eigenvalue weighted by atomic mass is 10.2. The molecule has 0 unspecified atom stereocenters. The van der Waals surface area contributed by atoms with Crippen molar-refractivity contribution >= 4 is 28.5 Å². The Morgan fingerprint density at radius 3 is 2.28 bits per heavy atom. The van der Waals surface area contributed by atoms with Crippen molar-refractivity contribution in [1.29, 1.82) is 0 Å². The third-order valence-corrected chi connectivity index (χ3v) is 5.50. The summed E-state index contributed by atoms with van der Waals surface area (Å²) >= 11 is 0. The second kappa shape index (κ2) is 7.71. The summed E-state index contributed by atoms with van der Waals surface area (Å²) in [5.74, 6) is 2.17. The monoisotopic (exact) mass is 393 g/mol. The first-order valence-corrected chi connectivity index (χ1v) is 9.95. The van der Waals surface area contributed by atoms with Gasteiger partial charge in [-0.25, -0.2) is 9.97 Å². The van der Waals surface area contributed by atoms with Gasteiger partial charge in [0.25, 0.3) is 5.91 Å². The molecule has 3 aromatic rings. The Bertz CT molecular complexity index is 973. The molecule has 0 saturated carbocycles. The van der Waals surface area contributed by atoms with E-state index in [0.29, 0.717) is 18.8 Å². The Kier molecular flexibility index (Phi) is 4.77. The first-order valence-electron chi connectivity index (χ1n) is 9.95. The molecule has 2 aliphatic rings. The van der Waals surface area contributed by atoms with Gasteiger partial charge in [0.15, 0.2) is 5.76 Å². The summed E-state index contributed by atoms with van der Waals surface area (Å²) in [4.78, 5) is 28.0. The third-order valence-electron chi connectivity index (χ3n) is 5.50. The Labute approximate surface area is 168 Å².